The molecule has 2 saturated heterocycles. The lowest BCUT2D eigenvalue weighted by molar-refractivity contribution is 0.338. The molecule has 0 bridgehead atoms. The van der Waals surface area contributed by atoms with Crippen molar-refractivity contribution in [2.45, 2.75) is 38.5 Å². The molecule has 6 nitrogen and oxygen atoms in total. The van der Waals surface area contributed by atoms with Gasteiger partial charge in [-0.25, -0.2) is 0 Å². The van der Waals surface area contributed by atoms with Gasteiger partial charge in [-0.15, -0.1) is 0 Å². The van der Waals surface area contributed by atoms with Crippen LogP contribution in [0.2, 0.25) is 0 Å². The van der Waals surface area contributed by atoms with Crippen molar-refractivity contribution >= 4 is 46.6 Å². The molecular weight excluding hydrogens is 388 g/mol. The number of benzene rings is 1. The molecule has 0 unspecified atom stereocenters. The average molecular weight is 417 g/mol. The third-order valence-electron chi connectivity index (χ3n) is 4.98. The van der Waals surface area contributed by atoms with Crippen LogP contribution in [0, 0.1) is 0 Å². The van der Waals surface area contributed by atoms with Crippen LogP contribution in [0.4, 0.5) is 0 Å². The predicted octanol–water partition coefficient (Wildman–Crippen LogP) is 3.10. The van der Waals surface area contributed by atoms with Crippen LogP contribution in [-0.2, 0) is 0 Å². The summed E-state index contributed by atoms with van der Waals surface area (Å²) >= 11 is 11.0. The minimum atomic E-state index is 0.665. The Morgan fingerprint density at radius 3 is 1.89 bits per heavy atom. The molecule has 2 fully saturated rings. The first kappa shape index (κ1) is 20.7. The van der Waals surface area contributed by atoms with E-state index in [1.807, 2.05) is 30.3 Å². The fraction of sp³-hybridized carbons (Fsp3) is 0.500. The van der Waals surface area contributed by atoms with Gasteiger partial charge < -0.3 is 9.80 Å². The van der Waals surface area contributed by atoms with E-state index in [0.29, 0.717) is 15.9 Å². The summed E-state index contributed by atoms with van der Waals surface area (Å²) < 4.78 is 0. The molecule has 0 spiro atoms. The van der Waals surface area contributed by atoms with Crippen LogP contribution in [0.15, 0.2) is 40.5 Å². The highest BCUT2D eigenvalue weighted by atomic mass is 32.1. The van der Waals surface area contributed by atoms with Crippen LogP contribution in [0.3, 0.4) is 0 Å². The number of thiocarbonyl (C=S) groups is 2. The summed E-state index contributed by atoms with van der Waals surface area (Å²) in [4.78, 5) is 4.34. The first-order chi connectivity index (χ1) is 13.7. The van der Waals surface area contributed by atoms with Gasteiger partial charge in [0.05, 0.1) is 6.21 Å². The second-order valence-electron chi connectivity index (χ2n) is 7.05. The van der Waals surface area contributed by atoms with Gasteiger partial charge in [0, 0.05) is 31.7 Å². The zero-order valence-electron chi connectivity index (χ0n) is 16.1. The zero-order chi connectivity index (χ0) is 19.6. The van der Waals surface area contributed by atoms with E-state index in [2.05, 4.69) is 30.9 Å². The van der Waals surface area contributed by atoms with Crippen molar-refractivity contribution in [1.82, 2.24) is 20.7 Å². The van der Waals surface area contributed by atoms with E-state index in [1.54, 1.807) is 6.21 Å². The molecule has 0 aliphatic carbocycles. The molecule has 2 aliphatic rings. The van der Waals surface area contributed by atoms with Gasteiger partial charge in [-0.3, -0.25) is 10.9 Å². The largest absolute Gasteiger partial charge is 0.348 e. The number of rotatable bonds is 4. The maximum absolute atomic E-state index is 5.50. The van der Waals surface area contributed by atoms with Crippen molar-refractivity contribution in [2.24, 2.45) is 10.2 Å². The molecule has 2 aliphatic heterocycles. The standard InChI is InChI=1S/C20H28N6S2/c27-19(25-12-6-2-7-13-25)23-21-16-18(17-10-4-1-5-11-17)22-24-20(28)26-14-8-3-9-15-26/h1,4-5,10-11,16H,2-3,6-9,12-15H2,(H,23,27)(H,24,28)/b21-16+,22-18-. The molecule has 0 aromatic heterocycles. The Bertz CT molecular complexity index is 707. The summed E-state index contributed by atoms with van der Waals surface area (Å²) in [6.45, 7) is 3.96. The van der Waals surface area contributed by atoms with Gasteiger partial charge in [-0.1, -0.05) is 30.3 Å². The minimum Gasteiger partial charge on any atom is -0.348 e. The number of nitrogens with one attached hydrogen (secondary N) is 2. The summed E-state index contributed by atoms with van der Waals surface area (Å²) in [6.07, 6.45) is 8.95. The Morgan fingerprint density at radius 2 is 1.32 bits per heavy atom. The molecular formula is C20H28N6S2. The van der Waals surface area contributed by atoms with E-state index in [-0.39, 0.29) is 0 Å². The van der Waals surface area contributed by atoms with Crippen molar-refractivity contribution < 1.29 is 0 Å². The quantitative estimate of drug-likeness (QED) is 0.447. The van der Waals surface area contributed by atoms with Gasteiger partial charge in [0.2, 0.25) is 0 Å². The number of hydrazone groups is 2. The third-order valence-corrected chi connectivity index (χ3v) is 5.67. The maximum Gasteiger partial charge on any atom is 0.189 e. The SMILES string of the molecule is S=C(N/N=C/C(=N/NC(=S)N1CCCCC1)c1ccccc1)N1CCCCC1. The van der Waals surface area contributed by atoms with Gasteiger partial charge >= 0.3 is 0 Å². The summed E-state index contributed by atoms with van der Waals surface area (Å²) in [5.74, 6) is 0. The number of hydrogen-bond acceptors (Lipinski definition) is 4. The summed E-state index contributed by atoms with van der Waals surface area (Å²) in [5.41, 5.74) is 7.68. The lowest BCUT2D eigenvalue weighted by atomic mass is 10.1. The van der Waals surface area contributed by atoms with Crippen molar-refractivity contribution in [1.29, 1.82) is 0 Å². The van der Waals surface area contributed by atoms with Gasteiger partial charge in [0.15, 0.2) is 10.2 Å². The second kappa shape index (κ2) is 11.1. The Labute approximate surface area is 178 Å². The summed E-state index contributed by atoms with van der Waals surface area (Å²) in [6, 6.07) is 9.94. The van der Waals surface area contributed by atoms with Gasteiger partial charge in [-0.2, -0.15) is 10.2 Å². The molecule has 2 N–H and O–H groups in total. The highest BCUT2D eigenvalue weighted by Gasteiger charge is 2.14. The highest BCUT2D eigenvalue weighted by molar-refractivity contribution is 7.80. The van der Waals surface area contributed by atoms with Crippen molar-refractivity contribution in [3.8, 4) is 0 Å². The average Bonchev–Trinajstić information content (AvgIpc) is 2.77. The van der Waals surface area contributed by atoms with E-state index < -0.39 is 0 Å². The second-order valence-corrected chi connectivity index (χ2v) is 7.82. The molecule has 150 valence electrons. The lowest BCUT2D eigenvalue weighted by Crippen LogP contribution is -2.41. The summed E-state index contributed by atoms with van der Waals surface area (Å²) in [7, 11) is 0. The Kier molecular flexibility index (Phi) is 8.17. The summed E-state index contributed by atoms with van der Waals surface area (Å²) in [5, 5.41) is 10.2. The zero-order valence-corrected chi connectivity index (χ0v) is 17.8. The van der Waals surface area contributed by atoms with E-state index in [4.69, 9.17) is 24.4 Å². The van der Waals surface area contributed by atoms with Gasteiger partial charge in [0.1, 0.15) is 5.71 Å². The predicted molar refractivity (Wildman–Crippen MR) is 124 cm³/mol. The van der Waals surface area contributed by atoms with Crippen LogP contribution < -0.4 is 10.9 Å². The number of piperidine rings is 2. The molecule has 28 heavy (non-hydrogen) atoms. The van der Waals surface area contributed by atoms with Gasteiger partial charge in [-0.05, 0) is 63.0 Å². The highest BCUT2D eigenvalue weighted by Crippen LogP contribution is 2.09. The normalized spacial score (nSPS) is 18.2. The fourth-order valence-corrected chi connectivity index (χ4v) is 3.83. The van der Waals surface area contributed by atoms with E-state index >= 15 is 0 Å². The van der Waals surface area contributed by atoms with Crippen LogP contribution in [0.25, 0.3) is 0 Å². The van der Waals surface area contributed by atoms with E-state index in [0.717, 1.165) is 31.7 Å². The molecule has 1 aromatic rings. The van der Waals surface area contributed by atoms with E-state index in [1.165, 1.54) is 38.5 Å². The van der Waals surface area contributed by atoms with Crippen LogP contribution in [-0.4, -0.2) is 58.1 Å². The van der Waals surface area contributed by atoms with Crippen LogP contribution in [0.1, 0.15) is 44.1 Å². The van der Waals surface area contributed by atoms with Crippen molar-refractivity contribution in [3.63, 3.8) is 0 Å². The van der Waals surface area contributed by atoms with Crippen LogP contribution >= 0.6 is 24.4 Å². The number of nitrogens with zero attached hydrogens (tertiary/aromatic N) is 4. The van der Waals surface area contributed by atoms with Crippen molar-refractivity contribution in [3.05, 3.63) is 35.9 Å². The van der Waals surface area contributed by atoms with Crippen molar-refractivity contribution in [2.75, 3.05) is 26.2 Å². The third kappa shape index (κ3) is 6.24. The molecule has 0 saturated carbocycles. The smallest absolute Gasteiger partial charge is 0.189 e. The first-order valence-corrected chi connectivity index (χ1v) is 10.8. The monoisotopic (exact) mass is 416 g/mol. The molecule has 0 amide bonds. The molecule has 0 atom stereocenters. The fourth-order valence-electron chi connectivity index (χ4n) is 3.37. The first-order valence-electron chi connectivity index (χ1n) is 10.00. The molecule has 8 heteroatoms. The maximum atomic E-state index is 5.50. The number of likely N-dealkylation sites (tertiary alicyclic amines) is 2. The Morgan fingerprint density at radius 1 is 0.786 bits per heavy atom. The molecule has 3 rings (SSSR count). The molecule has 0 radical (unpaired) electrons. The topological polar surface area (TPSA) is 55.3 Å². The molecule has 2 heterocycles. The number of hydrogen-bond donors (Lipinski definition) is 2. The Hall–Kier alpha value is -2.06. The minimum absolute atomic E-state index is 0.665. The van der Waals surface area contributed by atoms with E-state index in [9.17, 15) is 0 Å². The lowest BCUT2D eigenvalue weighted by Gasteiger charge is -2.28. The van der Waals surface area contributed by atoms with Crippen LogP contribution in [0.5, 0.6) is 0 Å². The molecule has 1 aromatic carbocycles. The Balaban J connectivity index is 1.63. The van der Waals surface area contributed by atoms with Gasteiger partial charge in [0.25, 0.3) is 0 Å².